The number of benzene rings is 1. The first kappa shape index (κ1) is 14.7. The molecule has 0 saturated carbocycles. The smallest absolute Gasteiger partial charge is 0.304 e. The van der Waals surface area contributed by atoms with Crippen molar-refractivity contribution < 1.29 is 9.90 Å². The predicted octanol–water partition coefficient (Wildman–Crippen LogP) is 2.63. The number of nitrogens with one attached hydrogen (secondary N) is 1. The molecule has 1 rings (SSSR count). The fourth-order valence-electron chi connectivity index (χ4n) is 2.13. The molecule has 0 aliphatic rings. The average Bonchev–Trinajstić information content (AvgIpc) is 2.31. The predicted molar refractivity (Wildman–Crippen MR) is 73.9 cm³/mol. The molecule has 0 radical (unpaired) electrons. The lowest BCUT2D eigenvalue weighted by atomic mass is 10.0. The molecule has 0 aliphatic heterocycles. The molecule has 0 amide bonds. The van der Waals surface area contributed by atoms with Crippen molar-refractivity contribution in [1.29, 1.82) is 0 Å². The lowest BCUT2D eigenvalue weighted by Crippen LogP contribution is -2.33. The summed E-state index contributed by atoms with van der Waals surface area (Å²) in [7, 11) is 0. The van der Waals surface area contributed by atoms with Crippen LogP contribution in [-0.2, 0) is 17.6 Å². The minimum Gasteiger partial charge on any atom is -0.481 e. The van der Waals surface area contributed by atoms with Crippen molar-refractivity contribution >= 4 is 5.97 Å². The van der Waals surface area contributed by atoms with E-state index in [0.717, 1.165) is 25.8 Å². The Kier molecular flexibility index (Phi) is 6.44. The summed E-state index contributed by atoms with van der Waals surface area (Å²) in [6.07, 6.45) is 3.20. The van der Waals surface area contributed by atoms with Crippen molar-refractivity contribution in [3.05, 3.63) is 35.4 Å². The van der Waals surface area contributed by atoms with Crippen LogP contribution in [0.4, 0.5) is 0 Å². The van der Waals surface area contributed by atoms with Gasteiger partial charge in [-0.25, -0.2) is 0 Å². The molecule has 3 nitrogen and oxygen atoms in total. The third-order valence-corrected chi connectivity index (χ3v) is 2.96. The highest BCUT2D eigenvalue weighted by Gasteiger charge is 2.12. The summed E-state index contributed by atoms with van der Waals surface area (Å²) >= 11 is 0. The molecule has 0 saturated heterocycles. The van der Waals surface area contributed by atoms with Gasteiger partial charge in [0.05, 0.1) is 6.42 Å². The highest BCUT2D eigenvalue weighted by molar-refractivity contribution is 5.67. The first-order valence-electron chi connectivity index (χ1n) is 6.68. The van der Waals surface area contributed by atoms with Gasteiger partial charge >= 0.3 is 5.97 Å². The summed E-state index contributed by atoms with van der Waals surface area (Å²) in [6.45, 7) is 4.97. The fraction of sp³-hybridized carbons (Fsp3) is 0.533. The number of carboxylic acid groups (broad SMARTS) is 1. The van der Waals surface area contributed by atoms with Crippen LogP contribution >= 0.6 is 0 Å². The van der Waals surface area contributed by atoms with E-state index in [1.54, 1.807) is 0 Å². The minimum absolute atomic E-state index is 0.0181. The van der Waals surface area contributed by atoms with Crippen LogP contribution in [0.2, 0.25) is 0 Å². The molecule has 18 heavy (non-hydrogen) atoms. The van der Waals surface area contributed by atoms with Gasteiger partial charge in [-0.2, -0.15) is 0 Å². The van der Waals surface area contributed by atoms with E-state index < -0.39 is 5.97 Å². The first-order valence-corrected chi connectivity index (χ1v) is 6.68. The number of hydrogen-bond acceptors (Lipinski definition) is 2. The molecule has 0 aliphatic carbocycles. The van der Waals surface area contributed by atoms with Crippen molar-refractivity contribution in [1.82, 2.24) is 5.32 Å². The van der Waals surface area contributed by atoms with Crippen LogP contribution in [0.1, 0.15) is 37.8 Å². The molecule has 1 unspecified atom stereocenters. The minimum atomic E-state index is -0.747. The van der Waals surface area contributed by atoms with Crippen LogP contribution < -0.4 is 5.32 Å². The van der Waals surface area contributed by atoms with E-state index in [1.165, 1.54) is 11.1 Å². The zero-order valence-corrected chi connectivity index (χ0v) is 11.3. The second kappa shape index (κ2) is 7.88. The van der Waals surface area contributed by atoms with Gasteiger partial charge in [0.25, 0.3) is 0 Å². The highest BCUT2D eigenvalue weighted by atomic mass is 16.4. The Morgan fingerprint density at radius 2 is 1.83 bits per heavy atom. The first-order chi connectivity index (χ1) is 8.65. The number of likely N-dealkylation sites (N-methyl/N-ethyl adjacent to an activating group) is 1. The molecule has 0 spiro atoms. The molecule has 0 fully saturated rings. The third kappa shape index (κ3) is 5.32. The molecular formula is C15H23NO2. The SMILES string of the molecule is CCCc1ccc(CC(CC(=O)O)NCC)cc1. The van der Waals surface area contributed by atoms with E-state index in [0.29, 0.717) is 0 Å². The van der Waals surface area contributed by atoms with Gasteiger partial charge in [0.2, 0.25) is 0 Å². The summed E-state index contributed by atoms with van der Waals surface area (Å²) in [4.78, 5) is 10.8. The molecule has 0 bridgehead atoms. The maximum absolute atomic E-state index is 10.8. The van der Waals surface area contributed by atoms with Crippen molar-refractivity contribution in [2.45, 2.75) is 45.6 Å². The molecule has 3 heteroatoms. The van der Waals surface area contributed by atoms with Crippen LogP contribution in [0.5, 0.6) is 0 Å². The van der Waals surface area contributed by atoms with E-state index in [1.807, 2.05) is 6.92 Å². The molecular weight excluding hydrogens is 226 g/mol. The van der Waals surface area contributed by atoms with Gasteiger partial charge in [-0.05, 0) is 30.5 Å². The van der Waals surface area contributed by atoms with Crippen molar-refractivity contribution in [3.63, 3.8) is 0 Å². The molecule has 2 N–H and O–H groups in total. The second-order valence-electron chi connectivity index (χ2n) is 4.62. The number of carboxylic acids is 1. The third-order valence-electron chi connectivity index (χ3n) is 2.96. The Bertz CT molecular complexity index is 359. The number of rotatable bonds is 8. The number of hydrogen-bond donors (Lipinski definition) is 2. The number of aryl methyl sites for hydroxylation is 1. The maximum atomic E-state index is 10.8. The zero-order chi connectivity index (χ0) is 13.4. The Balaban J connectivity index is 2.59. The molecule has 1 atom stereocenters. The Hall–Kier alpha value is -1.35. The molecule has 100 valence electrons. The van der Waals surface area contributed by atoms with Crippen LogP contribution in [0, 0.1) is 0 Å². The average molecular weight is 249 g/mol. The van der Waals surface area contributed by atoms with E-state index >= 15 is 0 Å². The van der Waals surface area contributed by atoms with Gasteiger partial charge in [0, 0.05) is 6.04 Å². The van der Waals surface area contributed by atoms with Crippen LogP contribution in [-0.4, -0.2) is 23.7 Å². The van der Waals surface area contributed by atoms with Crippen LogP contribution in [0.25, 0.3) is 0 Å². The Labute approximate surface area is 109 Å². The van der Waals surface area contributed by atoms with Crippen molar-refractivity contribution in [3.8, 4) is 0 Å². The van der Waals surface area contributed by atoms with Gasteiger partial charge < -0.3 is 10.4 Å². The van der Waals surface area contributed by atoms with Crippen molar-refractivity contribution in [2.75, 3.05) is 6.54 Å². The molecule has 1 aromatic carbocycles. The summed E-state index contributed by atoms with van der Waals surface area (Å²) in [6, 6.07) is 8.52. The maximum Gasteiger partial charge on any atom is 0.304 e. The highest BCUT2D eigenvalue weighted by Crippen LogP contribution is 2.10. The Morgan fingerprint density at radius 3 is 2.33 bits per heavy atom. The van der Waals surface area contributed by atoms with E-state index in [4.69, 9.17) is 5.11 Å². The summed E-state index contributed by atoms with van der Waals surface area (Å²) in [5.74, 6) is -0.747. The van der Waals surface area contributed by atoms with E-state index in [9.17, 15) is 4.79 Å². The number of aliphatic carboxylic acids is 1. The lowest BCUT2D eigenvalue weighted by molar-refractivity contribution is -0.137. The van der Waals surface area contributed by atoms with Crippen LogP contribution in [0.15, 0.2) is 24.3 Å². The van der Waals surface area contributed by atoms with E-state index in [-0.39, 0.29) is 12.5 Å². The largest absolute Gasteiger partial charge is 0.481 e. The fourth-order valence-corrected chi connectivity index (χ4v) is 2.13. The topological polar surface area (TPSA) is 49.3 Å². The summed E-state index contributed by atoms with van der Waals surface area (Å²) in [5, 5.41) is 12.1. The van der Waals surface area contributed by atoms with Gasteiger partial charge in [-0.1, -0.05) is 44.5 Å². The summed E-state index contributed by atoms with van der Waals surface area (Å²) < 4.78 is 0. The Morgan fingerprint density at radius 1 is 1.22 bits per heavy atom. The van der Waals surface area contributed by atoms with Gasteiger partial charge in [0.15, 0.2) is 0 Å². The van der Waals surface area contributed by atoms with Gasteiger partial charge in [0.1, 0.15) is 0 Å². The quantitative estimate of drug-likeness (QED) is 0.744. The summed E-state index contributed by atoms with van der Waals surface area (Å²) in [5.41, 5.74) is 2.54. The van der Waals surface area contributed by atoms with Gasteiger partial charge in [-0.3, -0.25) is 4.79 Å². The van der Waals surface area contributed by atoms with Crippen LogP contribution in [0.3, 0.4) is 0 Å². The molecule has 1 aromatic rings. The number of carbonyl (C=O) groups is 1. The standard InChI is InChI=1S/C15H23NO2/c1-3-5-12-6-8-13(9-7-12)10-14(16-4-2)11-15(17)18/h6-9,14,16H,3-5,10-11H2,1-2H3,(H,17,18). The molecule has 0 aromatic heterocycles. The monoisotopic (exact) mass is 249 g/mol. The molecule has 0 heterocycles. The van der Waals surface area contributed by atoms with E-state index in [2.05, 4.69) is 36.5 Å². The van der Waals surface area contributed by atoms with Gasteiger partial charge in [-0.15, -0.1) is 0 Å². The zero-order valence-electron chi connectivity index (χ0n) is 11.3. The second-order valence-corrected chi connectivity index (χ2v) is 4.62. The lowest BCUT2D eigenvalue weighted by Gasteiger charge is -2.16. The van der Waals surface area contributed by atoms with Crippen molar-refractivity contribution in [2.24, 2.45) is 0 Å². The normalized spacial score (nSPS) is 12.3.